The molecule has 1 aliphatic rings. The fraction of sp³-hybridized carbons (Fsp3) is 0.571. The van der Waals surface area contributed by atoms with Crippen molar-refractivity contribution in [2.45, 2.75) is 45.0 Å². The molecule has 0 amide bonds. The molecule has 6 heteroatoms. The Hall–Kier alpha value is -0.945. The molecular formula is C14H20BFO4. The second-order valence-electron chi connectivity index (χ2n) is 5.51. The minimum absolute atomic E-state index is 0.149. The molecule has 1 saturated heterocycles. The van der Waals surface area contributed by atoms with Crippen molar-refractivity contribution in [1.29, 1.82) is 0 Å². The molecule has 0 radical (unpaired) electrons. The number of hydrogen-bond acceptors (Lipinski definition) is 4. The number of ether oxygens (including phenoxy) is 2. The Morgan fingerprint density at radius 1 is 1.35 bits per heavy atom. The summed E-state index contributed by atoms with van der Waals surface area (Å²) in [7, 11) is -1.84. The summed E-state index contributed by atoms with van der Waals surface area (Å²) in [5, 5.41) is 18.3. The molecule has 1 aromatic rings. The van der Waals surface area contributed by atoms with Gasteiger partial charge in [-0.2, -0.15) is 0 Å². The summed E-state index contributed by atoms with van der Waals surface area (Å²) in [4.78, 5) is 0. The predicted octanol–water partition coefficient (Wildman–Crippen LogP) is 1.28. The van der Waals surface area contributed by atoms with Crippen LogP contribution < -0.4 is 5.46 Å². The number of hydrogen-bond donors (Lipinski definition) is 2. The summed E-state index contributed by atoms with van der Waals surface area (Å²) < 4.78 is 25.7. The Balaban J connectivity index is 2.22. The summed E-state index contributed by atoms with van der Waals surface area (Å²) in [6.07, 6.45) is 2.48. The molecule has 2 N–H and O–H groups in total. The third-order valence-corrected chi connectivity index (χ3v) is 3.52. The van der Waals surface area contributed by atoms with Crippen molar-refractivity contribution < 1.29 is 23.9 Å². The summed E-state index contributed by atoms with van der Waals surface area (Å²) in [5.41, 5.74) is -0.766. The van der Waals surface area contributed by atoms with Crippen molar-refractivity contribution in [2.75, 3.05) is 6.61 Å². The Labute approximate surface area is 118 Å². The lowest BCUT2D eigenvalue weighted by Crippen LogP contribution is -2.38. The number of halogens is 1. The van der Waals surface area contributed by atoms with Gasteiger partial charge < -0.3 is 19.5 Å². The van der Waals surface area contributed by atoms with Crippen LogP contribution in [0.15, 0.2) is 18.2 Å². The maximum Gasteiger partial charge on any atom is 0.491 e. The molecule has 1 aromatic carbocycles. The molecule has 0 spiro atoms. The minimum Gasteiger partial charge on any atom is -0.423 e. The van der Waals surface area contributed by atoms with Gasteiger partial charge in [0.15, 0.2) is 6.29 Å². The van der Waals surface area contributed by atoms with E-state index in [1.165, 1.54) is 6.07 Å². The lowest BCUT2D eigenvalue weighted by Gasteiger charge is -2.33. The molecule has 1 fully saturated rings. The van der Waals surface area contributed by atoms with Crippen LogP contribution in [0.2, 0.25) is 0 Å². The molecule has 1 heterocycles. The first kappa shape index (κ1) is 15.4. The second-order valence-corrected chi connectivity index (χ2v) is 5.51. The van der Waals surface area contributed by atoms with Gasteiger partial charge in [-0.1, -0.05) is 18.2 Å². The van der Waals surface area contributed by atoms with Crippen LogP contribution >= 0.6 is 0 Å². The standard InChI is InChI=1S/C14H20BFO4/c1-14(2,20-12-8-3-4-9-19-12)10-6-5-7-11(13(10)16)15(17)18/h5-7,12,17-18H,3-4,8-9H2,1-2H3. The van der Waals surface area contributed by atoms with Crippen LogP contribution in [0.3, 0.4) is 0 Å². The molecule has 110 valence electrons. The highest BCUT2D eigenvalue weighted by Gasteiger charge is 2.32. The van der Waals surface area contributed by atoms with E-state index < -0.39 is 18.5 Å². The third kappa shape index (κ3) is 3.38. The fourth-order valence-corrected chi connectivity index (χ4v) is 2.41. The first-order valence-corrected chi connectivity index (χ1v) is 6.86. The van der Waals surface area contributed by atoms with Gasteiger partial charge in [0.1, 0.15) is 5.82 Å². The molecule has 4 nitrogen and oxygen atoms in total. The van der Waals surface area contributed by atoms with Crippen LogP contribution in [0.1, 0.15) is 38.7 Å². The van der Waals surface area contributed by atoms with Crippen LogP contribution in [-0.2, 0) is 15.1 Å². The van der Waals surface area contributed by atoms with E-state index in [1.54, 1.807) is 26.0 Å². The normalized spacial score (nSPS) is 19.9. The smallest absolute Gasteiger partial charge is 0.423 e. The van der Waals surface area contributed by atoms with E-state index in [9.17, 15) is 4.39 Å². The summed E-state index contributed by atoms with van der Waals surface area (Å²) >= 11 is 0. The summed E-state index contributed by atoms with van der Waals surface area (Å²) in [5.74, 6) is -0.650. The van der Waals surface area contributed by atoms with Crippen LogP contribution in [0.5, 0.6) is 0 Å². The third-order valence-electron chi connectivity index (χ3n) is 3.52. The Morgan fingerprint density at radius 2 is 2.10 bits per heavy atom. The average Bonchev–Trinajstić information content (AvgIpc) is 2.39. The molecule has 1 aliphatic heterocycles. The molecule has 0 bridgehead atoms. The number of rotatable bonds is 4. The zero-order valence-electron chi connectivity index (χ0n) is 11.8. The maximum absolute atomic E-state index is 14.3. The van der Waals surface area contributed by atoms with Crippen molar-refractivity contribution in [3.05, 3.63) is 29.6 Å². The van der Waals surface area contributed by atoms with Gasteiger partial charge in [0.05, 0.1) is 5.60 Å². The van der Waals surface area contributed by atoms with E-state index in [2.05, 4.69) is 0 Å². The monoisotopic (exact) mass is 282 g/mol. The van der Waals surface area contributed by atoms with Crippen molar-refractivity contribution in [2.24, 2.45) is 0 Å². The zero-order valence-corrected chi connectivity index (χ0v) is 11.8. The predicted molar refractivity (Wildman–Crippen MR) is 73.9 cm³/mol. The molecular weight excluding hydrogens is 262 g/mol. The van der Waals surface area contributed by atoms with Gasteiger partial charge in [-0.05, 0) is 33.1 Å². The molecule has 20 heavy (non-hydrogen) atoms. The second kappa shape index (κ2) is 6.22. The Bertz CT molecular complexity index is 458. The van der Waals surface area contributed by atoms with Gasteiger partial charge in [-0.3, -0.25) is 0 Å². The van der Waals surface area contributed by atoms with Crippen molar-refractivity contribution >= 4 is 12.6 Å². The zero-order chi connectivity index (χ0) is 14.8. The lowest BCUT2D eigenvalue weighted by molar-refractivity contribution is -0.219. The first-order valence-electron chi connectivity index (χ1n) is 6.86. The van der Waals surface area contributed by atoms with E-state index >= 15 is 0 Å². The fourth-order valence-electron chi connectivity index (χ4n) is 2.41. The lowest BCUT2D eigenvalue weighted by atomic mass is 9.77. The number of benzene rings is 1. The van der Waals surface area contributed by atoms with Gasteiger partial charge in [-0.25, -0.2) is 4.39 Å². The van der Waals surface area contributed by atoms with Gasteiger partial charge >= 0.3 is 7.12 Å². The van der Waals surface area contributed by atoms with E-state index in [1.807, 2.05) is 0 Å². The van der Waals surface area contributed by atoms with E-state index in [4.69, 9.17) is 19.5 Å². The molecule has 2 rings (SSSR count). The van der Waals surface area contributed by atoms with Gasteiger partial charge in [0.25, 0.3) is 0 Å². The van der Waals surface area contributed by atoms with Crippen molar-refractivity contribution in [3.63, 3.8) is 0 Å². The van der Waals surface area contributed by atoms with Crippen LogP contribution in [0.25, 0.3) is 0 Å². The maximum atomic E-state index is 14.3. The molecule has 1 unspecified atom stereocenters. The van der Waals surface area contributed by atoms with E-state index in [0.717, 1.165) is 19.3 Å². The highest BCUT2D eigenvalue weighted by Crippen LogP contribution is 2.30. The quantitative estimate of drug-likeness (QED) is 0.817. The summed E-state index contributed by atoms with van der Waals surface area (Å²) in [6.45, 7) is 4.15. The van der Waals surface area contributed by atoms with Crippen LogP contribution in [0, 0.1) is 5.82 Å². The van der Waals surface area contributed by atoms with Crippen molar-refractivity contribution in [1.82, 2.24) is 0 Å². The summed E-state index contributed by atoms with van der Waals surface area (Å²) in [6, 6.07) is 4.51. The highest BCUT2D eigenvalue weighted by atomic mass is 19.1. The molecule has 0 aromatic heterocycles. The van der Waals surface area contributed by atoms with E-state index in [0.29, 0.717) is 6.61 Å². The highest BCUT2D eigenvalue weighted by molar-refractivity contribution is 6.58. The van der Waals surface area contributed by atoms with Crippen LogP contribution in [0.4, 0.5) is 4.39 Å². The minimum atomic E-state index is -1.84. The SMILES string of the molecule is CC(C)(OC1CCCCO1)c1cccc(B(O)O)c1F. The Morgan fingerprint density at radius 3 is 2.70 bits per heavy atom. The molecule has 1 atom stereocenters. The first-order chi connectivity index (χ1) is 9.42. The van der Waals surface area contributed by atoms with Gasteiger partial charge in [0, 0.05) is 17.6 Å². The molecule has 0 saturated carbocycles. The topological polar surface area (TPSA) is 58.9 Å². The van der Waals surface area contributed by atoms with Crippen LogP contribution in [-0.4, -0.2) is 30.1 Å². The molecule has 0 aliphatic carbocycles. The van der Waals surface area contributed by atoms with Gasteiger partial charge in [0.2, 0.25) is 0 Å². The average molecular weight is 282 g/mol. The van der Waals surface area contributed by atoms with E-state index in [-0.39, 0.29) is 17.3 Å². The largest absolute Gasteiger partial charge is 0.491 e. The van der Waals surface area contributed by atoms with Crippen molar-refractivity contribution in [3.8, 4) is 0 Å². The van der Waals surface area contributed by atoms with Gasteiger partial charge in [-0.15, -0.1) is 0 Å². The Kier molecular flexibility index (Phi) is 4.80.